The van der Waals surface area contributed by atoms with Gasteiger partial charge in [0.25, 0.3) is 0 Å². The van der Waals surface area contributed by atoms with Crippen molar-refractivity contribution in [2.45, 2.75) is 11.3 Å². The van der Waals surface area contributed by atoms with Crippen LogP contribution in [0.2, 0.25) is 0 Å². The van der Waals surface area contributed by atoms with Crippen molar-refractivity contribution in [1.29, 1.82) is 0 Å². The number of sulfonamides is 1. The Labute approximate surface area is 305 Å². The van der Waals surface area contributed by atoms with Crippen molar-refractivity contribution >= 4 is 60.8 Å². The number of anilines is 2. The van der Waals surface area contributed by atoms with Crippen LogP contribution in [0.1, 0.15) is 6.42 Å². The van der Waals surface area contributed by atoms with Gasteiger partial charge in [-0.1, -0.05) is 0 Å². The first-order chi connectivity index (χ1) is 24.7. The van der Waals surface area contributed by atoms with E-state index in [1.165, 1.54) is 0 Å². The van der Waals surface area contributed by atoms with Gasteiger partial charge in [-0.3, -0.25) is 0 Å². The van der Waals surface area contributed by atoms with Crippen LogP contribution in [0.5, 0.6) is 11.5 Å². The summed E-state index contributed by atoms with van der Waals surface area (Å²) in [5, 5.41) is 5.84. The van der Waals surface area contributed by atoms with E-state index in [1.807, 2.05) is 19.2 Å². The molecule has 0 saturated carbocycles. The van der Waals surface area contributed by atoms with Crippen molar-refractivity contribution in [3.63, 3.8) is 0 Å². The van der Waals surface area contributed by atoms with E-state index in [1.54, 1.807) is 42.0 Å². The van der Waals surface area contributed by atoms with Gasteiger partial charge in [-0.05, 0) is 63.1 Å². The number of aromatic nitrogens is 3. The zero-order chi connectivity index (χ0) is 35.5. The van der Waals surface area contributed by atoms with Gasteiger partial charge in [0.15, 0.2) is 16.6 Å². The van der Waals surface area contributed by atoms with Crippen molar-refractivity contribution in [1.82, 2.24) is 38.9 Å². The van der Waals surface area contributed by atoms with Gasteiger partial charge in [0.1, 0.15) is 17.8 Å². The normalized spacial score (nSPS) is 18.8. The van der Waals surface area contributed by atoms with Crippen molar-refractivity contribution in [3.8, 4) is 11.5 Å². The van der Waals surface area contributed by atoms with Crippen LogP contribution >= 0.6 is 12.2 Å². The standard InChI is InChI=1S/C35H48N10O4S2/c1-40-10-14-42(15-11-40)9-4-22-49-31-24-29-28(23-30(31)48-3)32-33(39-29)36-25-37-34(32)43-16-18-44(19-17-43)35(50)38-26-5-7-27(8-6-26)51(46,47)45-20-12-41(2)13-21-45/h5-8,23-25H,4,9-22H2,1-3H3,(H,38,50)(H,36,37,39). The van der Waals surface area contributed by atoms with Gasteiger partial charge in [-0.2, -0.15) is 4.31 Å². The lowest BCUT2D eigenvalue weighted by atomic mass is 10.1. The molecule has 274 valence electrons. The van der Waals surface area contributed by atoms with Crippen LogP contribution in [0.3, 0.4) is 0 Å². The molecule has 0 bridgehead atoms. The van der Waals surface area contributed by atoms with Gasteiger partial charge < -0.3 is 44.3 Å². The lowest BCUT2D eigenvalue weighted by Crippen LogP contribution is -2.50. The molecular weight excluding hydrogens is 689 g/mol. The molecule has 7 rings (SSSR count). The largest absolute Gasteiger partial charge is 0.493 e. The number of fused-ring (bicyclic) bond motifs is 3. The Kier molecular flexibility index (Phi) is 10.8. The number of aromatic amines is 1. The molecule has 5 heterocycles. The number of rotatable bonds is 10. The van der Waals surface area contributed by atoms with Crippen LogP contribution in [0.25, 0.3) is 21.9 Å². The monoisotopic (exact) mass is 736 g/mol. The van der Waals surface area contributed by atoms with Gasteiger partial charge in [0, 0.05) is 102 Å². The second-order valence-electron chi connectivity index (χ2n) is 13.6. The summed E-state index contributed by atoms with van der Waals surface area (Å²) in [5.74, 6) is 2.26. The Balaban J connectivity index is 0.971. The third kappa shape index (κ3) is 7.85. The summed E-state index contributed by atoms with van der Waals surface area (Å²) < 4.78 is 39.8. The zero-order valence-electron chi connectivity index (χ0n) is 29.7. The lowest BCUT2D eigenvalue weighted by Gasteiger charge is -2.37. The van der Waals surface area contributed by atoms with Crippen LogP contribution < -0.4 is 19.7 Å². The highest BCUT2D eigenvalue weighted by atomic mass is 32.2. The molecule has 3 aliphatic rings. The van der Waals surface area contributed by atoms with E-state index < -0.39 is 10.0 Å². The van der Waals surface area contributed by atoms with E-state index in [9.17, 15) is 8.42 Å². The molecular formula is C35H48N10O4S2. The predicted octanol–water partition coefficient (Wildman–Crippen LogP) is 2.59. The van der Waals surface area contributed by atoms with Crippen molar-refractivity contribution < 1.29 is 17.9 Å². The summed E-state index contributed by atoms with van der Waals surface area (Å²) >= 11 is 5.78. The van der Waals surface area contributed by atoms with E-state index in [2.05, 4.69) is 46.8 Å². The van der Waals surface area contributed by atoms with Crippen LogP contribution in [-0.2, 0) is 10.0 Å². The Morgan fingerprint density at radius 3 is 2.25 bits per heavy atom. The Bertz CT molecular complexity index is 1930. The van der Waals surface area contributed by atoms with Gasteiger partial charge in [0.05, 0.1) is 29.5 Å². The molecule has 0 radical (unpaired) electrons. The molecule has 2 N–H and O–H groups in total. The number of thiocarbonyl (C=S) groups is 1. The van der Waals surface area contributed by atoms with Crippen molar-refractivity contribution in [2.24, 2.45) is 0 Å². The molecule has 0 spiro atoms. The van der Waals surface area contributed by atoms with E-state index in [0.717, 1.165) is 85.7 Å². The smallest absolute Gasteiger partial charge is 0.243 e. The number of H-pyrrole nitrogens is 1. The molecule has 0 unspecified atom stereocenters. The zero-order valence-corrected chi connectivity index (χ0v) is 31.3. The molecule has 0 aliphatic carbocycles. The minimum atomic E-state index is -3.52. The molecule has 16 heteroatoms. The maximum atomic E-state index is 13.1. The number of ether oxygens (including phenoxy) is 2. The van der Waals surface area contributed by atoms with Crippen molar-refractivity contribution in [2.75, 3.05) is 123 Å². The maximum absolute atomic E-state index is 13.1. The number of benzene rings is 2. The number of methoxy groups -OCH3 is 1. The number of hydrogen-bond donors (Lipinski definition) is 2. The summed E-state index contributed by atoms with van der Waals surface area (Å²) in [7, 11) is 2.33. The molecule has 3 aliphatic heterocycles. The van der Waals surface area contributed by atoms with Crippen LogP contribution in [0.15, 0.2) is 47.6 Å². The second kappa shape index (κ2) is 15.4. The summed E-state index contributed by atoms with van der Waals surface area (Å²) in [4.78, 5) is 24.5. The molecule has 0 atom stereocenters. The van der Waals surface area contributed by atoms with Gasteiger partial charge in [0.2, 0.25) is 10.0 Å². The van der Waals surface area contributed by atoms with Crippen LogP contribution in [-0.4, -0.2) is 165 Å². The van der Waals surface area contributed by atoms with E-state index in [-0.39, 0.29) is 0 Å². The highest BCUT2D eigenvalue weighted by Crippen LogP contribution is 2.38. The first kappa shape index (κ1) is 35.6. The highest BCUT2D eigenvalue weighted by molar-refractivity contribution is 7.89. The molecule has 4 aromatic rings. The SMILES string of the molecule is COc1cc2c(cc1OCCCN1CCN(C)CC1)[nH]c1ncnc(N3CCN(C(=S)Nc4ccc(S(=O)(=O)N5CCN(C)CC5)cc4)CC3)c12. The highest BCUT2D eigenvalue weighted by Gasteiger charge is 2.28. The van der Waals surface area contributed by atoms with E-state index in [0.29, 0.717) is 67.4 Å². The number of hydrogen-bond acceptors (Lipinski definition) is 11. The minimum absolute atomic E-state index is 0.295. The summed E-state index contributed by atoms with van der Waals surface area (Å²) in [6, 6.07) is 10.9. The van der Waals surface area contributed by atoms with E-state index in [4.69, 9.17) is 26.7 Å². The Morgan fingerprint density at radius 1 is 0.882 bits per heavy atom. The fourth-order valence-corrected chi connectivity index (χ4v) is 8.70. The van der Waals surface area contributed by atoms with Crippen molar-refractivity contribution in [3.05, 3.63) is 42.7 Å². The third-order valence-electron chi connectivity index (χ3n) is 10.2. The number of nitrogens with zero attached hydrogens (tertiary/aromatic N) is 8. The predicted molar refractivity (Wildman–Crippen MR) is 205 cm³/mol. The van der Waals surface area contributed by atoms with Crippen LogP contribution in [0, 0.1) is 0 Å². The van der Waals surface area contributed by atoms with Gasteiger partial charge in [-0.15, -0.1) is 0 Å². The summed E-state index contributed by atoms with van der Waals surface area (Å²) in [5.41, 5.74) is 2.44. The third-order valence-corrected chi connectivity index (χ3v) is 12.5. The second-order valence-corrected chi connectivity index (χ2v) is 15.9. The fourth-order valence-electron chi connectivity index (χ4n) is 6.98. The average Bonchev–Trinajstić information content (AvgIpc) is 3.52. The maximum Gasteiger partial charge on any atom is 0.243 e. The number of piperazine rings is 3. The van der Waals surface area contributed by atoms with E-state index >= 15 is 0 Å². The average molecular weight is 737 g/mol. The first-order valence-electron chi connectivity index (χ1n) is 17.7. The summed E-state index contributed by atoms with van der Waals surface area (Å²) in [6.45, 7) is 11.4. The number of likely N-dealkylation sites (N-methyl/N-ethyl adjacent to an activating group) is 2. The molecule has 14 nitrogen and oxygen atoms in total. The molecule has 51 heavy (non-hydrogen) atoms. The van der Waals surface area contributed by atoms with Crippen LogP contribution in [0.4, 0.5) is 11.5 Å². The first-order valence-corrected chi connectivity index (χ1v) is 19.5. The van der Waals surface area contributed by atoms with Gasteiger partial charge >= 0.3 is 0 Å². The Morgan fingerprint density at radius 2 is 1.57 bits per heavy atom. The molecule has 3 saturated heterocycles. The minimum Gasteiger partial charge on any atom is -0.493 e. The Hall–Kier alpha value is -3.80. The summed E-state index contributed by atoms with van der Waals surface area (Å²) in [6.07, 6.45) is 2.55. The number of nitrogens with one attached hydrogen (secondary N) is 2. The topological polar surface area (TPSA) is 126 Å². The molecule has 3 fully saturated rings. The fraction of sp³-hybridized carbons (Fsp3) is 0.514. The quantitative estimate of drug-likeness (QED) is 0.183. The molecule has 0 amide bonds. The lowest BCUT2D eigenvalue weighted by molar-refractivity contribution is 0.145. The van der Waals surface area contributed by atoms with Gasteiger partial charge in [-0.25, -0.2) is 18.4 Å². The molecule has 2 aromatic carbocycles. The molecule has 2 aromatic heterocycles.